The minimum Gasteiger partial charge on any atom is -0.456 e. The molecule has 0 saturated carbocycles. The first-order chi connectivity index (χ1) is 8.81. The summed E-state index contributed by atoms with van der Waals surface area (Å²) in [5, 5.41) is 1.08. The lowest BCUT2D eigenvalue weighted by Gasteiger charge is -2.06. The lowest BCUT2D eigenvalue weighted by Crippen LogP contribution is -1.90. The largest absolute Gasteiger partial charge is 0.456 e. The van der Waals surface area contributed by atoms with Gasteiger partial charge in [-0.3, -0.25) is 9.97 Å². The molecule has 0 amide bonds. The van der Waals surface area contributed by atoms with E-state index in [0.29, 0.717) is 17.2 Å². The number of fused-ring (bicyclic) bond motifs is 1. The molecule has 0 saturated heterocycles. The van der Waals surface area contributed by atoms with Crippen LogP contribution >= 0.6 is 0 Å². The van der Waals surface area contributed by atoms with Crippen LogP contribution in [0.1, 0.15) is 0 Å². The second-order valence-electron chi connectivity index (χ2n) is 3.91. The fourth-order valence-corrected chi connectivity index (χ4v) is 1.74. The highest BCUT2D eigenvalue weighted by molar-refractivity contribution is 5.79. The molecule has 1 aromatic carbocycles. The zero-order valence-electron chi connectivity index (χ0n) is 9.58. The van der Waals surface area contributed by atoms with Gasteiger partial charge in [0.15, 0.2) is 0 Å². The number of pyridine rings is 2. The number of anilines is 1. The maximum Gasteiger partial charge on any atom is 0.147 e. The Kier molecular flexibility index (Phi) is 2.53. The molecule has 0 unspecified atom stereocenters. The number of nitrogens with two attached hydrogens (primary N) is 1. The Morgan fingerprint density at radius 1 is 1.00 bits per heavy atom. The molecule has 18 heavy (non-hydrogen) atoms. The molecule has 0 bridgehead atoms. The maximum atomic E-state index is 5.68. The molecule has 2 heterocycles. The van der Waals surface area contributed by atoms with E-state index in [9.17, 15) is 0 Å². The lowest BCUT2D eigenvalue weighted by atomic mass is 10.2. The lowest BCUT2D eigenvalue weighted by molar-refractivity contribution is 0.481. The van der Waals surface area contributed by atoms with Crippen LogP contribution in [0.15, 0.2) is 55.0 Å². The van der Waals surface area contributed by atoms with Crippen molar-refractivity contribution in [1.29, 1.82) is 0 Å². The van der Waals surface area contributed by atoms with Gasteiger partial charge in [-0.05, 0) is 18.2 Å². The smallest absolute Gasteiger partial charge is 0.147 e. The second kappa shape index (κ2) is 4.33. The van der Waals surface area contributed by atoms with Crippen molar-refractivity contribution in [3.63, 3.8) is 0 Å². The van der Waals surface area contributed by atoms with E-state index in [1.807, 2.05) is 30.3 Å². The Balaban J connectivity index is 1.95. The van der Waals surface area contributed by atoms with E-state index in [0.717, 1.165) is 10.9 Å². The van der Waals surface area contributed by atoms with Crippen molar-refractivity contribution in [2.24, 2.45) is 0 Å². The maximum absolute atomic E-state index is 5.68. The fourth-order valence-electron chi connectivity index (χ4n) is 1.74. The van der Waals surface area contributed by atoms with Crippen molar-refractivity contribution in [2.75, 3.05) is 5.73 Å². The molecule has 3 aromatic rings. The van der Waals surface area contributed by atoms with Gasteiger partial charge in [-0.15, -0.1) is 0 Å². The normalized spacial score (nSPS) is 10.4. The number of rotatable bonds is 2. The summed E-state index contributed by atoms with van der Waals surface area (Å²) in [6, 6.07) is 11.4. The van der Waals surface area contributed by atoms with Crippen molar-refractivity contribution in [3.8, 4) is 11.5 Å². The molecule has 0 fully saturated rings. The van der Waals surface area contributed by atoms with Crippen molar-refractivity contribution in [1.82, 2.24) is 9.97 Å². The van der Waals surface area contributed by atoms with Crippen LogP contribution < -0.4 is 10.5 Å². The predicted molar refractivity (Wildman–Crippen MR) is 70.5 cm³/mol. The summed E-state index contributed by atoms with van der Waals surface area (Å²) < 4.78 is 5.68. The van der Waals surface area contributed by atoms with Gasteiger partial charge in [0.2, 0.25) is 0 Å². The van der Waals surface area contributed by atoms with Gasteiger partial charge < -0.3 is 10.5 Å². The van der Waals surface area contributed by atoms with Gasteiger partial charge in [-0.2, -0.15) is 0 Å². The highest BCUT2D eigenvalue weighted by Crippen LogP contribution is 2.24. The SMILES string of the molecule is Nc1cncc(Oc2ccc3cccnc3c2)c1. The number of benzene rings is 1. The number of ether oxygens (including phenoxy) is 1. The van der Waals surface area contributed by atoms with Crippen molar-refractivity contribution < 1.29 is 4.74 Å². The molecule has 0 aliphatic rings. The molecule has 2 N–H and O–H groups in total. The van der Waals surface area contributed by atoms with E-state index in [1.165, 1.54) is 0 Å². The van der Waals surface area contributed by atoms with Crippen LogP contribution in [-0.4, -0.2) is 9.97 Å². The topological polar surface area (TPSA) is 61.0 Å². The van der Waals surface area contributed by atoms with E-state index in [2.05, 4.69) is 9.97 Å². The first kappa shape index (κ1) is 10.5. The molecular formula is C14H11N3O. The Labute approximate surface area is 104 Å². The quantitative estimate of drug-likeness (QED) is 0.744. The first-order valence-corrected chi connectivity index (χ1v) is 5.54. The monoisotopic (exact) mass is 237 g/mol. The zero-order chi connectivity index (χ0) is 12.4. The average molecular weight is 237 g/mol. The number of aromatic nitrogens is 2. The summed E-state index contributed by atoms with van der Waals surface area (Å²) in [6.07, 6.45) is 4.96. The summed E-state index contributed by atoms with van der Waals surface area (Å²) >= 11 is 0. The third-order valence-electron chi connectivity index (χ3n) is 2.55. The van der Waals surface area contributed by atoms with E-state index in [4.69, 9.17) is 10.5 Å². The first-order valence-electron chi connectivity index (χ1n) is 5.54. The van der Waals surface area contributed by atoms with Crippen LogP contribution in [0.3, 0.4) is 0 Å². The van der Waals surface area contributed by atoms with Gasteiger partial charge in [0.25, 0.3) is 0 Å². The second-order valence-corrected chi connectivity index (χ2v) is 3.91. The van der Waals surface area contributed by atoms with Gasteiger partial charge in [0.05, 0.1) is 23.6 Å². The fraction of sp³-hybridized carbons (Fsp3) is 0. The van der Waals surface area contributed by atoms with Gasteiger partial charge in [0.1, 0.15) is 11.5 Å². The Morgan fingerprint density at radius 2 is 1.94 bits per heavy atom. The minimum atomic E-state index is 0.575. The van der Waals surface area contributed by atoms with Crippen molar-refractivity contribution in [2.45, 2.75) is 0 Å². The van der Waals surface area contributed by atoms with E-state index in [-0.39, 0.29) is 0 Å². The summed E-state index contributed by atoms with van der Waals surface area (Å²) in [5.74, 6) is 1.33. The third-order valence-corrected chi connectivity index (χ3v) is 2.55. The molecular weight excluding hydrogens is 226 g/mol. The van der Waals surface area contributed by atoms with Gasteiger partial charge in [-0.25, -0.2) is 0 Å². The van der Waals surface area contributed by atoms with Crippen LogP contribution in [-0.2, 0) is 0 Å². The van der Waals surface area contributed by atoms with Gasteiger partial charge in [-0.1, -0.05) is 6.07 Å². The minimum absolute atomic E-state index is 0.575. The molecule has 4 nitrogen and oxygen atoms in total. The van der Waals surface area contributed by atoms with Crippen LogP contribution in [0.2, 0.25) is 0 Å². The Bertz CT molecular complexity index is 697. The molecule has 88 valence electrons. The Hall–Kier alpha value is -2.62. The van der Waals surface area contributed by atoms with Crippen molar-refractivity contribution in [3.05, 3.63) is 55.0 Å². The molecule has 0 spiro atoms. The number of nitrogen functional groups attached to an aromatic ring is 1. The number of nitrogens with zero attached hydrogens (tertiary/aromatic N) is 2. The van der Waals surface area contributed by atoms with Crippen LogP contribution in [0, 0.1) is 0 Å². The van der Waals surface area contributed by atoms with E-state index in [1.54, 1.807) is 24.7 Å². The summed E-state index contributed by atoms with van der Waals surface area (Å²) in [7, 11) is 0. The summed E-state index contributed by atoms with van der Waals surface area (Å²) in [4.78, 5) is 8.26. The number of hydrogen-bond donors (Lipinski definition) is 1. The van der Waals surface area contributed by atoms with Gasteiger partial charge >= 0.3 is 0 Å². The van der Waals surface area contributed by atoms with Crippen LogP contribution in [0.5, 0.6) is 11.5 Å². The highest BCUT2D eigenvalue weighted by Gasteiger charge is 2.00. The van der Waals surface area contributed by atoms with E-state index < -0.39 is 0 Å². The highest BCUT2D eigenvalue weighted by atomic mass is 16.5. The summed E-state index contributed by atoms with van der Waals surface area (Å²) in [5.41, 5.74) is 7.12. The molecule has 0 atom stereocenters. The van der Waals surface area contributed by atoms with E-state index >= 15 is 0 Å². The Morgan fingerprint density at radius 3 is 2.83 bits per heavy atom. The summed E-state index contributed by atoms with van der Waals surface area (Å²) in [6.45, 7) is 0. The third kappa shape index (κ3) is 2.08. The van der Waals surface area contributed by atoms with Crippen molar-refractivity contribution >= 4 is 16.6 Å². The standard InChI is InChI=1S/C14H11N3O/c15-11-6-13(9-16-8-11)18-12-4-3-10-2-1-5-17-14(10)7-12/h1-9H,15H2. The molecule has 0 radical (unpaired) electrons. The molecule has 2 aromatic heterocycles. The average Bonchev–Trinajstić information content (AvgIpc) is 2.39. The predicted octanol–water partition coefficient (Wildman–Crippen LogP) is 3.00. The molecule has 0 aliphatic carbocycles. The van der Waals surface area contributed by atoms with Crippen LogP contribution in [0.25, 0.3) is 10.9 Å². The van der Waals surface area contributed by atoms with Crippen LogP contribution in [0.4, 0.5) is 5.69 Å². The number of hydrogen-bond acceptors (Lipinski definition) is 4. The van der Waals surface area contributed by atoms with Gasteiger partial charge in [0, 0.05) is 23.7 Å². The molecule has 4 heteroatoms. The molecule has 3 rings (SSSR count). The zero-order valence-corrected chi connectivity index (χ0v) is 9.58. The molecule has 0 aliphatic heterocycles.